The predicted octanol–water partition coefficient (Wildman–Crippen LogP) is 2.72. The van der Waals surface area contributed by atoms with Gasteiger partial charge in [-0.1, -0.05) is 9.24 Å². The van der Waals surface area contributed by atoms with Gasteiger partial charge in [-0.05, 0) is 38.1 Å². The van der Waals surface area contributed by atoms with Crippen LogP contribution in [0.5, 0.6) is 5.75 Å². The van der Waals surface area contributed by atoms with Gasteiger partial charge in [-0.2, -0.15) is 0 Å². The Morgan fingerprint density at radius 2 is 1.77 bits per heavy atom. The smallest absolute Gasteiger partial charge is 0.120 e. The summed E-state index contributed by atoms with van der Waals surface area (Å²) in [4.78, 5) is 0. The highest BCUT2D eigenvalue weighted by Crippen LogP contribution is 2.24. The van der Waals surface area contributed by atoms with Crippen molar-refractivity contribution in [3.05, 3.63) is 24.3 Å². The molecule has 13 heavy (non-hydrogen) atoms. The van der Waals surface area contributed by atoms with Crippen LogP contribution in [0.25, 0.3) is 0 Å². The Hall–Kier alpha value is -0.750. The SMILES string of the molecule is CNc1ccc(OC(C)(C)P)cc1. The van der Waals surface area contributed by atoms with E-state index in [0.717, 1.165) is 11.4 Å². The molecule has 0 bridgehead atoms. The average molecular weight is 197 g/mol. The first kappa shape index (κ1) is 10.3. The molecule has 2 nitrogen and oxygen atoms in total. The van der Waals surface area contributed by atoms with E-state index in [4.69, 9.17) is 4.74 Å². The Bertz CT molecular complexity index is 263. The molecule has 0 saturated carbocycles. The highest BCUT2D eigenvalue weighted by molar-refractivity contribution is 7.18. The van der Waals surface area contributed by atoms with Crippen LogP contribution in [-0.2, 0) is 0 Å². The summed E-state index contributed by atoms with van der Waals surface area (Å²) in [6.45, 7) is 4.01. The Balaban J connectivity index is 2.70. The zero-order chi connectivity index (χ0) is 9.90. The molecule has 0 heterocycles. The molecule has 0 aliphatic carbocycles. The van der Waals surface area contributed by atoms with Gasteiger partial charge in [0.25, 0.3) is 0 Å². The fourth-order valence-corrected chi connectivity index (χ4v) is 1.13. The van der Waals surface area contributed by atoms with Crippen molar-refractivity contribution >= 4 is 14.9 Å². The molecular weight excluding hydrogens is 181 g/mol. The molecule has 0 saturated heterocycles. The standard InChI is InChI=1S/C10H16NOP/c1-10(2,13)12-9-6-4-8(11-3)5-7-9/h4-7,11H,13H2,1-3H3. The van der Waals surface area contributed by atoms with Crippen molar-refractivity contribution in [1.29, 1.82) is 0 Å². The van der Waals surface area contributed by atoms with E-state index in [0.29, 0.717) is 0 Å². The Morgan fingerprint density at radius 3 is 2.15 bits per heavy atom. The summed E-state index contributed by atoms with van der Waals surface area (Å²) in [6.07, 6.45) is 0. The lowest BCUT2D eigenvalue weighted by Gasteiger charge is -2.21. The van der Waals surface area contributed by atoms with Crippen LogP contribution in [0.3, 0.4) is 0 Å². The van der Waals surface area contributed by atoms with Crippen LogP contribution < -0.4 is 10.1 Å². The number of ether oxygens (including phenoxy) is 1. The third kappa shape index (κ3) is 3.65. The molecule has 0 radical (unpaired) electrons. The van der Waals surface area contributed by atoms with Gasteiger partial charge < -0.3 is 10.1 Å². The predicted molar refractivity (Wildman–Crippen MR) is 60.4 cm³/mol. The largest absolute Gasteiger partial charge is 0.484 e. The Morgan fingerprint density at radius 1 is 1.23 bits per heavy atom. The maximum atomic E-state index is 5.64. The van der Waals surface area contributed by atoms with Gasteiger partial charge in [0.2, 0.25) is 0 Å². The lowest BCUT2D eigenvalue weighted by atomic mass is 10.3. The molecule has 1 rings (SSSR count). The minimum atomic E-state index is -0.207. The number of anilines is 1. The molecule has 72 valence electrons. The minimum Gasteiger partial charge on any atom is -0.484 e. The summed E-state index contributed by atoms with van der Waals surface area (Å²) in [5.41, 5.74) is 1.09. The van der Waals surface area contributed by atoms with Gasteiger partial charge in [0, 0.05) is 12.7 Å². The fraction of sp³-hybridized carbons (Fsp3) is 0.400. The third-order valence-corrected chi connectivity index (χ3v) is 1.64. The Labute approximate surface area is 81.9 Å². The van der Waals surface area contributed by atoms with Gasteiger partial charge >= 0.3 is 0 Å². The van der Waals surface area contributed by atoms with Crippen LogP contribution in [0.2, 0.25) is 0 Å². The van der Waals surface area contributed by atoms with Crippen molar-refractivity contribution in [2.24, 2.45) is 0 Å². The molecule has 1 aromatic carbocycles. The topological polar surface area (TPSA) is 21.3 Å². The third-order valence-electron chi connectivity index (χ3n) is 1.52. The van der Waals surface area contributed by atoms with E-state index in [1.807, 2.05) is 45.2 Å². The number of hydrogen-bond acceptors (Lipinski definition) is 2. The zero-order valence-corrected chi connectivity index (χ0v) is 9.45. The summed E-state index contributed by atoms with van der Waals surface area (Å²) in [5, 5.41) is 2.85. The van der Waals surface area contributed by atoms with Gasteiger partial charge in [-0.15, -0.1) is 0 Å². The molecule has 1 aromatic rings. The zero-order valence-electron chi connectivity index (χ0n) is 8.29. The van der Waals surface area contributed by atoms with E-state index in [1.54, 1.807) is 0 Å². The monoisotopic (exact) mass is 197 g/mol. The van der Waals surface area contributed by atoms with Crippen LogP contribution in [0.1, 0.15) is 13.8 Å². The number of rotatable bonds is 3. The van der Waals surface area contributed by atoms with Crippen molar-refractivity contribution in [3.8, 4) is 5.75 Å². The van der Waals surface area contributed by atoms with Crippen molar-refractivity contribution < 1.29 is 4.74 Å². The summed E-state index contributed by atoms with van der Waals surface area (Å²) in [6, 6.07) is 7.90. The van der Waals surface area contributed by atoms with Gasteiger partial charge in [0.15, 0.2) is 0 Å². The minimum absolute atomic E-state index is 0.207. The molecule has 1 unspecified atom stereocenters. The molecule has 0 spiro atoms. The van der Waals surface area contributed by atoms with Crippen molar-refractivity contribution in [1.82, 2.24) is 0 Å². The lowest BCUT2D eigenvalue weighted by molar-refractivity contribution is 0.206. The molecule has 0 amide bonds. The summed E-state index contributed by atoms with van der Waals surface area (Å²) < 4.78 is 5.64. The quantitative estimate of drug-likeness (QED) is 0.752. The van der Waals surface area contributed by atoms with Crippen LogP contribution in [0.4, 0.5) is 5.69 Å². The number of benzene rings is 1. The summed E-state index contributed by atoms with van der Waals surface area (Å²) >= 11 is 0. The van der Waals surface area contributed by atoms with E-state index in [-0.39, 0.29) is 5.34 Å². The molecule has 0 aromatic heterocycles. The highest BCUT2D eigenvalue weighted by Gasteiger charge is 2.11. The van der Waals surface area contributed by atoms with Crippen molar-refractivity contribution in [2.75, 3.05) is 12.4 Å². The van der Waals surface area contributed by atoms with E-state index < -0.39 is 0 Å². The fourth-order valence-electron chi connectivity index (χ4n) is 0.993. The second-order valence-electron chi connectivity index (χ2n) is 3.48. The molecular formula is C10H16NOP. The molecule has 1 atom stereocenters. The first-order valence-corrected chi connectivity index (χ1v) is 4.85. The molecule has 0 aliphatic rings. The van der Waals surface area contributed by atoms with Gasteiger partial charge in [0.1, 0.15) is 11.1 Å². The molecule has 3 heteroatoms. The highest BCUT2D eigenvalue weighted by atomic mass is 31.0. The first-order valence-electron chi connectivity index (χ1n) is 4.27. The number of nitrogens with one attached hydrogen (secondary N) is 1. The van der Waals surface area contributed by atoms with Crippen LogP contribution in [-0.4, -0.2) is 12.4 Å². The molecule has 1 N–H and O–H groups in total. The maximum Gasteiger partial charge on any atom is 0.120 e. The van der Waals surface area contributed by atoms with E-state index in [2.05, 4.69) is 14.6 Å². The van der Waals surface area contributed by atoms with Crippen molar-refractivity contribution in [3.63, 3.8) is 0 Å². The van der Waals surface area contributed by atoms with Gasteiger partial charge in [0.05, 0.1) is 0 Å². The summed E-state index contributed by atoms with van der Waals surface area (Å²) in [5.74, 6) is 0.888. The van der Waals surface area contributed by atoms with Crippen LogP contribution >= 0.6 is 9.24 Å². The van der Waals surface area contributed by atoms with Gasteiger partial charge in [-0.3, -0.25) is 0 Å². The van der Waals surface area contributed by atoms with Gasteiger partial charge in [-0.25, -0.2) is 0 Å². The first-order chi connectivity index (χ1) is 6.01. The Kier molecular flexibility index (Phi) is 3.16. The molecule has 0 aliphatic heterocycles. The van der Waals surface area contributed by atoms with Crippen LogP contribution in [0.15, 0.2) is 24.3 Å². The second kappa shape index (κ2) is 3.97. The molecule has 0 fully saturated rings. The van der Waals surface area contributed by atoms with E-state index >= 15 is 0 Å². The second-order valence-corrected chi connectivity index (χ2v) is 4.87. The normalized spacial score (nSPS) is 11.1. The average Bonchev–Trinajstić information content (AvgIpc) is 2.03. The summed E-state index contributed by atoms with van der Waals surface area (Å²) in [7, 11) is 4.55. The number of hydrogen-bond donors (Lipinski definition) is 1. The van der Waals surface area contributed by atoms with Crippen LogP contribution in [0, 0.1) is 0 Å². The van der Waals surface area contributed by atoms with E-state index in [9.17, 15) is 0 Å². The maximum absolute atomic E-state index is 5.64. The van der Waals surface area contributed by atoms with Crippen molar-refractivity contribution in [2.45, 2.75) is 19.2 Å². The lowest BCUT2D eigenvalue weighted by Crippen LogP contribution is -2.18. The van der Waals surface area contributed by atoms with E-state index in [1.165, 1.54) is 0 Å².